The third kappa shape index (κ3) is 2.81. The van der Waals surface area contributed by atoms with Gasteiger partial charge < -0.3 is 23.4 Å². The SMILES string of the molecule is COc1cc(C=C2N=C(c3cc(C)oc3C)OC2=O)cc2c1OCCO2. The molecule has 0 aliphatic carbocycles. The molecule has 134 valence electrons. The van der Waals surface area contributed by atoms with Gasteiger partial charge in [0.1, 0.15) is 24.7 Å². The number of aryl methyl sites for hydroxylation is 2. The highest BCUT2D eigenvalue weighted by Crippen LogP contribution is 2.41. The molecule has 0 bridgehead atoms. The number of cyclic esters (lactones) is 1. The number of carbonyl (C=O) groups excluding carboxylic acids is 1. The minimum Gasteiger partial charge on any atom is -0.493 e. The molecule has 4 rings (SSSR count). The summed E-state index contributed by atoms with van der Waals surface area (Å²) in [5.74, 6) is 2.75. The average Bonchev–Trinajstić information content (AvgIpc) is 3.15. The third-order valence-electron chi connectivity index (χ3n) is 4.05. The van der Waals surface area contributed by atoms with Gasteiger partial charge in [0.05, 0.1) is 12.7 Å². The predicted molar refractivity (Wildman–Crippen MR) is 92.8 cm³/mol. The largest absolute Gasteiger partial charge is 0.493 e. The summed E-state index contributed by atoms with van der Waals surface area (Å²) in [6.45, 7) is 4.55. The molecule has 0 spiro atoms. The van der Waals surface area contributed by atoms with E-state index in [0.717, 1.165) is 5.76 Å². The van der Waals surface area contributed by atoms with Crippen molar-refractivity contribution in [2.45, 2.75) is 13.8 Å². The first-order valence-electron chi connectivity index (χ1n) is 8.13. The van der Waals surface area contributed by atoms with Crippen molar-refractivity contribution in [3.8, 4) is 17.2 Å². The van der Waals surface area contributed by atoms with Gasteiger partial charge in [-0.2, -0.15) is 0 Å². The van der Waals surface area contributed by atoms with Crippen LogP contribution < -0.4 is 14.2 Å². The standard InChI is InChI=1S/C19H17NO6/c1-10-6-13(11(2)25-10)18-20-14(19(21)26-18)7-12-8-15(22-3)17-16(9-12)23-4-5-24-17/h6-9H,4-5H2,1-3H3. The summed E-state index contributed by atoms with van der Waals surface area (Å²) in [6.07, 6.45) is 1.62. The molecule has 2 aliphatic rings. The number of carbonyl (C=O) groups is 1. The van der Waals surface area contributed by atoms with Crippen LogP contribution in [-0.2, 0) is 9.53 Å². The van der Waals surface area contributed by atoms with Crippen molar-refractivity contribution < 1.29 is 28.2 Å². The summed E-state index contributed by atoms with van der Waals surface area (Å²) in [4.78, 5) is 16.5. The molecule has 0 radical (unpaired) electrons. The topological polar surface area (TPSA) is 79.5 Å². The van der Waals surface area contributed by atoms with Crippen LogP contribution in [0.15, 0.2) is 33.3 Å². The zero-order chi connectivity index (χ0) is 18.3. The van der Waals surface area contributed by atoms with E-state index in [0.29, 0.717) is 47.3 Å². The Morgan fingerprint density at radius 3 is 2.69 bits per heavy atom. The van der Waals surface area contributed by atoms with E-state index in [1.165, 1.54) is 0 Å². The Morgan fingerprint density at radius 1 is 1.15 bits per heavy atom. The van der Waals surface area contributed by atoms with E-state index in [9.17, 15) is 4.79 Å². The van der Waals surface area contributed by atoms with E-state index in [2.05, 4.69) is 4.99 Å². The van der Waals surface area contributed by atoms with E-state index in [1.807, 2.05) is 6.92 Å². The summed E-state index contributed by atoms with van der Waals surface area (Å²) < 4.78 is 27.3. The van der Waals surface area contributed by atoms with Crippen molar-refractivity contribution in [2.24, 2.45) is 4.99 Å². The fourth-order valence-electron chi connectivity index (χ4n) is 2.90. The lowest BCUT2D eigenvalue weighted by Crippen LogP contribution is -2.16. The van der Waals surface area contributed by atoms with Gasteiger partial charge in [0.2, 0.25) is 11.6 Å². The zero-order valence-electron chi connectivity index (χ0n) is 14.6. The van der Waals surface area contributed by atoms with E-state index in [1.54, 1.807) is 38.3 Å². The van der Waals surface area contributed by atoms with Crippen LogP contribution in [0.3, 0.4) is 0 Å². The lowest BCUT2D eigenvalue weighted by molar-refractivity contribution is -0.129. The first-order chi connectivity index (χ1) is 12.5. The number of aliphatic imine (C=N–C) groups is 1. The van der Waals surface area contributed by atoms with Crippen LogP contribution in [0.4, 0.5) is 0 Å². The number of benzene rings is 1. The molecule has 1 aromatic carbocycles. The molecule has 0 fully saturated rings. The number of esters is 1. The van der Waals surface area contributed by atoms with Crippen LogP contribution in [0.1, 0.15) is 22.6 Å². The van der Waals surface area contributed by atoms with E-state index in [-0.39, 0.29) is 11.6 Å². The normalized spacial score (nSPS) is 17.3. The Morgan fingerprint density at radius 2 is 1.96 bits per heavy atom. The van der Waals surface area contributed by atoms with Gasteiger partial charge in [0, 0.05) is 0 Å². The molecule has 0 atom stereocenters. The lowest BCUT2D eigenvalue weighted by atomic mass is 10.1. The smallest absolute Gasteiger partial charge is 0.363 e. The summed E-state index contributed by atoms with van der Waals surface area (Å²) in [5.41, 5.74) is 1.55. The van der Waals surface area contributed by atoms with Crippen LogP contribution in [0, 0.1) is 13.8 Å². The summed E-state index contributed by atoms with van der Waals surface area (Å²) in [5, 5.41) is 0. The fraction of sp³-hybridized carbons (Fsp3) is 0.263. The summed E-state index contributed by atoms with van der Waals surface area (Å²) in [6, 6.07) is 5.32. The Bertz CT molecular complexity index is 936. The van der Waals surface area contributed by atoms with Gasteiger partial charge in [0.25, 0.3) is 0 Å². The van der Waals surface area contributed by atoms with E-state index >= 15 is 0 Å². The molecular formula is C19H17NO6. The van der Waals surface area contributed by atoms with Gasteiger partial charge in [-0.15, -0.1) is 0 Å². The van der Waals surface area contributed by atoms with Crippen LogP contribution in [-0.4, -0.2) is 32.2 Å². The van der Waals surface area contributed by atoms with Crippen molar-refractivity contribution in [3.05, 3.63) is 46.5 Å². The van der Waals surface area contributed by atoms with Crippen LogP contribution in [0.25, 0.3) is 6.08 Å². The second-order valence-electron chi connectivity index (χ2n) is 5.91. The molecule has 0 amide bonds. The first kappa shape index (κ1) is 16.3. The van der Waals surface area contributed by atoms with E-state index in [4.69, 9.17) is 23.4 Å². The van der Waals surface area contributed by atoms with Gasteiger partial charge in [-0.1, -0.05) is 0 Å². The van der Waals surface area contributed by atoms with Gasteiger partial charge in [-0.25, -0.2) is 9.79 Å². The molecule has 7 nitrogen and oxygen atoms in total. The molecule has 0 saturated carbocycles. The molecule has 0 saturated heterocycles. The number of hydrogen-bond donors (Lipinski definition) is 0. The Kier molecular flexibility index (Phi) is 3.91. The second kappa shape index (κ2) is 6.25. The predicted octanol–water partition coefficient (Wildman–Crippen LogP) is 3.02. The van der Waals surface area contributed by atoms with Gasteiger partial charge in [-0.05, 0) is 43.7 Å². The molecular weight excluding hydrogens is 338 g/mol. The Hall–Kier alpha value is -3.22. The number of ether oxygens (including phenoxy) is 4. The van der Waals surface area contributed by atoms with Crippen molar-refractivity contribution in [1.29, 1.82) is 0 Å². The molecule has 7 heteroatoms. The number of methoxy groups -OCH3 is 1. The zero-order valence-corrected chi connectivity index (χ0v) is 14.6. The fourth-order valence-corrected chi connectivity index (χ4v) is 2.90. The van der Waals surface area contributed by atoms with Crippen LogP contribution >= 0.6 is 0 Å². The number of rotatable bonds is 3. The monoisotopic (exact) mass is 355 g/mol. The minimum absolute atomic E-state index is 0.192. The molecule has 0 unspecified atom stereocenters. The molecule has 26 heavy (non-hydrogen) atoms. The number of nitrogens with zero attached hydrogens (tertiary/aromatic N) is 1. The first-order valence-corrected chi connectivity index (χ1v) is 8.13. The third-order valence-corrected chi connectivity index (χ3v) is 4.05. The maximum Gasteiger partial charge on any atom is 0.363 e. The number of fused-ring (bicyclic) bond motifs is 1. The van der Waals surface area contributed by atoms with Crippen molar-refractivity contribution in [2.75, 3.05) is 20.3 Å². The minimum atomic E-state index is -0.521. The van der Waals surface area contributed by atoms with Crippen molar-refractivity contribution in [3.63, 3.8) is 0 Å². The highest BCUT2D eigenvalue weighted by Gasteiger charge is 2.27. The quantitative estimate of drug-likeness (QED) is 0.622. The van der Waals surface area contributed by atoms with Gasteiger partial charge in [-0.3, -0.25) is 0 Å². The highest BCUT2D eigenvalue weighted by atomic mass is 16.6. The molecule has 2 aliphatic heterocycles. The number of hydrogen-bond acceptors (Lipinski definition) is 7. The maximum atomic E-state index is 12.2. The number of furan rings is 1. The van der Waals surface area contributed by atoms with Crippen molar-refractivity contribution in [1.82, 2.24) is 0 Å². The Balaban J connectivity index is 1.72. The summed E-state index contributed by atoms with van der Waals surface area (Å²) in [7, 11) is 1.55. The van der Waals surface area contributed by atoms with Crippen LogP contribution in [0.2, 0.25) is 0 Å². The van der Waals surface area contributed by atoms with Crippen molar-refractivity contribution >= 4 is 17.9 Å². The highest BCUT2D eigenvalue weighted by molar-refractivity contribution is 6.13. The van der Waals surface area contributed by atoms with E-state index < -0.39 is 5.97 Å². The molecule has 1 aromatic heterocycles. The molecule has 0 N–H and O–H groups in total. The Labute approximate surface area is 149 Å². The summed E-state index contributed by atoms with van der Waals surface area (Å²) >= 11 is 0. The molecule has 2 aromatic rings. The van der Waals surface area contributed by atoms with Gasteiger partial charge >= 0.3 is 5.97 Å². The molecule has 3 heterocycles. The maximum absolute atomic E-state index is 12.2. The second-order valence-corrected chi connectivity index (χ2v) is 5.91. The van der Waals surface area contributed by atoms with Crippen LogP contribution in [0.5, 0.6) is 17.2 Å². The van der Waals surface area contributed by atoms with Gasteiger partial charge in [0.15, 0.2) is 17.2 Å². The average molecular weight is 355 g/mol. The lowest BCUT2D eigenvalue weighted by Gasteiger charge is -2.20.